The van der Waals surface area contributed by atoms with E-state index in [4.69, 9.17) is 0 Å². The molecule has 1 aliphatic rings. The molecule has 1 atom stereocenters. The molecule has 0 saturated carbocycles. The van der Waals surface area contributed by atoms with Gasteiger partial charge in [-0.15, -0.1) is 17.4 Å². The van der Waals surface area contributed by atoms with Crippen molar-refractivity contribution in [3.05, 3.63) is 0 Å². The third-order valence-electron chi connectivity index (χ3n) is 0.952. The average molecular weight is 172 g/mol. The summed E-state index contributed by atoms with van der Waals surface area (Å²) in [4.78, 5) is 9.21. The summed E-state index contributed by atoms with van der Waals surface area (Å²) in [6.45, 7) is 0.720. The van der Waals surface area contributed by atoms with Gasteiger partial charge in [0.1, 0.15) is 0 Å². The quantitative estimate of drug-likeness (QED) is 0.440. The van der Waals surface area contributed by atoms with Crippen LogP contribution in [0.15, 0.2) is 0 Å². The molecule has 9 heavy (non-hydrogen) atoms. The number of rotatable bonds is 0. The Morgan fingerprint density at radius 2 is 2.22 bits per heavy atom. The normalized spacial score (nSPS) is 24.0. The third-order valence-corrected chi connectivity index (χ3v) is 1.78. The van der Waals surface area contributed by atoms with E-state index < -0.39 is 0 Å². The fourth-order valence-corrected chi connectivity index (χ4v) is 1.17. The third kappa shape index (κ3) is 5.07. The minimum atomic E-state index is 0. The van der Waals surface area contributed by atoms with Crippen LogP contribution in [0, 0.1) is 0 Å². The van der Waals surface area contributed by atoms with Crippen molar-refractivity contribution in [2.75, 3.05) is 12.8 Å². The predicted octanol–water partition coefficient (Wildman–Crippen LogP) is 1.25. The molecular weight excluding hydrogens is 160 g/mol. The summed E-state index contributed by atoms with van der Waals surface area (Å²) in [6.07, 6.45) is 3.58. The van der Waals surface area contributed by atoms with Crippen molar-refractivity contribution in [3.63, 3.8) is 0 Å². The van der Waals surface area contributed by atoms with Gasteiger partial charge in [0.2, 0.25) is 0 Å². The molecule has 1 N–H and O–H groups in total. The molecule has 0 amide bonds. The first-order chi connectivity index (χ1) is 4.00. The first-order valence-electron chi connectivity index (χ1n) is 2.76. The van der Waals surface area contributed by atoms with E-state index in [1.807, 2.05) is 0 Å². The molecule has 1 saturated heterocycles. The highest BCUT2D eigenvalue weighted by atomic mass is 35.5. The predicted molar refractivity (Wildman–Crippen MR) is 39.8 cm³/mol. The maximum absolute atomic E-state index is 4.67. The molecule has 0 bridgehead atoms. The summed E-state index contributed by atoms with van der Waals surface area (Å²) < 4.78 is 0. The molecule has 0 aromatic carbocycles. The van der Waals surface area contributed by atoms with Gasteiger partial charge in [-0.25, -0.2) is 4.89 Å². The zero-order valence-corrected chi connectivity index (χ0v) is 6.87. The van der Waals surface area contributed by atoms with E-state index in [0.29, 0.717) is 8.73 Å². The van der Waals surface area contributed by atoms with Gasteiger partial charge in [-0.05, 0) is 27.7 Å². The Hall–Kier alpha value is 0.600. The second kappa shape index (κ2) is 6.72. The van der Waals surface area contributed by atoms with Crippen molar-refractivity contribution in [3.8, 4) is 0 Å². The summed E-state index contributed by atoms with van der Waals surface area (Å²) in [5, 5.41) is 2.69. The Labute approximate surface area is 62.6 Å². The van der Waals surface area contributed by atoms with Crippen LogP contribution in [0.1, 0.15) is 12.8 Å². The first-order valence-corrected chi connectivity index (χ1v) is 3.97. The van der Waals surface area contributed by atoms with Crippen LogP contribution in [0.25, 0.3) is 0 Å². The Bertz CT molecular complexity index is 42.5. The summed E-state index contributed by atoms with van der Waals surface area (Å²) in [5.74, 6) is 0. The monoisotopic (exact) mass is 171 g/mol. The molecule has 1 heterocycles. The Balaban J connectivity index is 0.000000640. The van der Waals surface area contributed by atoms with Crippen LogP contribution >= 0.6 is 21.1 Å². The van der Waals surface area contributed by atoms with Gasteiger partial charge in [-0.1, -0.05) is 0 Å². The van der Waals surface area contributed by atoms with E-state index in [1.54, 1.807) is 0 Å². The largest absolute Gasteiger partial charge is 0.218 e. The van der Waals surface area contributed by atoms with Crippen LogP contribution in [0.3, 0.4) is 0 Å². The molecule has 1 aliphatic heterocycles. The van der Waals surface area contributed by atoms with E-state index in [1.165, 1.54) is 12.6 Å². The molecule has 3 nitrogen and oxygen atoms in total. The molecule has 0 radical (unpaired) electrons. The minimum absolute atomic E-state index is 0. The average Bonchev–Trinajstić information content (AvgIpc) is 1.62. The lowest BCUT2D eigenvalue weighted by Gasteiger charge is -2.07. The maximum Gasteiger partial charge on any atom is 0.0842 e. The molecule has 0 aromatic heterocycles. The molecule has 5 heteroatoms. The SMILES string of the molecule is C1CCPNOOC1.Cl. The lowest BCUT2D eigenvalue weighted by Crippen LogP contribution is -2.09. The van der Waals surface area contributed by atoms with Crippen LogP contribution in [0.4, 0.5) is 0 Å². The van der Waals surface area contributed by atoms with Crippen molar-refractivity contribution in [1.82, 2.24) is 5.25 Å². The fourth-order valence-electron chi connectivity index (χ4n) is 0.526. The van der Waals surface area contributed by atoms with Gasteiger partial charge < -0.3 is 0 Å². The molecule has 0 spiro atoms. The molecular formula is C4H11ClNO2P. The zero-order valence-electron chi connectivity index (χ0n) is 5.05. The second-order valence-electron chi connectivity index (χ2n) is 1.64. The fraction of sp³-hybridized carbons (Fsp3) is 1.00. The standard InChI is InChI=1S/C4H10NO2P.ClH/c1-2-4-8-5-7-6-3-1;/h5,8H,1-4H2;1H. The van der Waals surface area contributed by atoms with Crippen molar-refractivity contribution in [2.45, 2.75) is 12.8 Å². The molecule has 1 fully saturated rings. The lowest BCUT2D eigenvalue weighted by atomic mass is 10.4. The number of halogens is 1. The molecule has 1 unspecified atom stereocenters. The molecule has 0 aromatic rings. The van der Waals surface area contributed by atoms with Gasteiger partial charge in [-0.3, -0.25) is 0 Å². The van der Waals surface area contributed by atoms with Crippen molar-refractivity contribution >= 4 is 21.1 Å². The topological polar surface area (TPSA) is 30.5 Å². The van der Waals surface area contributed by atoms with Gasteiger partial charge >= 0.3 is 0 Å². The van der Waals surface area contributed by atoms with E-state index in [9.17, 15) is 0 Å². The van der Waals surface area contributed by atoms with E-state index in [0.717, 1.165) is 13.0 Å². The van der Waals surface area contributed by atoms with Gasteiger partial charge in [0, 0.05) is 0 Å². The van der Waals surface area contributed by atoms with Crippen LogP contribution in [0.5, 0.6) is 0 Å². The van der Waals surface area contributed by atoms with Crippen molar-refractivity contribution in [1.29, 1.82) is 0 Å². The Kier molecular flexibility index (Phi) is 7.16. The Morgan fingerprint density at radius 1 is 1.33 bits per heavy atom. The lowest BCUT2D eigenvalue weighted by molar-refractivity contribution is -0.317. The highest BCUT2D eigenvalue weighted by Gasteiger charge is 1.94. The Morgan fingerprint density at radius 3 is 3.11 bits per heavy atom. The first kappa shape index (κ1) is 9.60. The van der Waals surface area contributed by atoms with Crippen LogP contribution in [-0.4, -0.2) is 12.8 Å². The highest BCUT2D eigenvalue weighted by Crippen LogP contribution is 2.09. The number of hydrogen-bond acceptors (Lipinski definition) is 3. The van der Waals surface area contributed by atoms with Gasteiger partial charge in [0.15, 0.2) is 0 Å². The summed E-state index contributed by atoms with van der Waals surface area (Å²) in [6, 6.07) is 0. The van der Waals surface area contributed by atoms with E-state index >= 15 is 0 Å². The number of nitrogens with one attached hydrogen (secondary N) is 1. The van der Waals surface area contributed by atoms with Crippen LogP contribution in [0.2, 0.25) is 0 Å². The molecule has 56 valence electrons. The van der Waals surface area contributed by atoms with Crippen molar-refractivity contribution in [2.24, 2.45) is 0 Å². The molecule has 1 rings (SSSR count). The minimum Gasteiger partial charge on any atom is -0.218 e. The van der Waals surface area contributed by atoms with E-state index in [-0.39, 0.29) is 12.4 Å². The van der Waals surface area contributed by atoms with Gasteiger partial charge in [-0.2, -0.15) is 5.25 Å². The summed E-state index contributed by atoms with van der Waals surface area (Å²) in [5.41, 5.74) is 0. The van der Waals surface area contributed by atoms with E-state index in [2.05, 4.69) is 15.1 Å². The van der Waals surface area contributed by atoms with Gasteiger partial charge in [0.25, 0.3) is 0 Å². The van der Waals surface area contributed by atoms with Crippen molar-refractivity contribution < 1.29 is 9.88 Å². The molecule has 0 aliphatic carbocycles. The zero-order chi connectivity index (χ0) is 5.66. The smallest absolute Gasteiger partial charge is 0.0842 e. The summed E-state index contributed by atoms with van der Waals surface area (Å²) >= 11 is 0. The number of hydrogen-bond donors (Lipinski definition) is 1. The van der Waals surface area contributed by atoms with Crippen LogP contribution in [-0.2, 0) is 9.88 Å². The highest BCUT2D eigenvalue weighted by molar-refractivity contribution is 7.35. The maximum atomic E-state index is 4.67. The second-order valence-corrected chi connectivity index (χ2v) is 2.70. The summed E-state index contributed by atoms with van der Waals surface area (Å²) in [7, 11) is 0.693. The van der Waals surface area contributed by atoms with Crippen LogP contribution < -0.4 is 5.25 Å². The van der Waals surface area contributed by atoms with Gasteiger partial charge in [0.05, 0.1) is 6.61 Å².